The van der Waals surface area contributed by atoms with E-state index in [1.165, 1.54) is 11.3 Å². The van der Waals surface area contributed by atoms with Gasteiger partial charge < -0.3 is 10.6 Å². The predicted octanol–water partition coefficient (Wildman–Crippen LogP) is 3.63. The molecule has 0 saturated carbocycles. The Kier molecular flexibility index (Phi) is 6.50. The Morgan fingerprint density at radius 1 is 1.22 bits per heavy atom. The van der Waals surface area contributed by atoms with Gasteiger partial charge in [-0.3, -0.25) is 9.58 Å². The lowest BCUT2D eigenvalue weighted by molar-refractivity contribution is 0.239. The fourth-order valence-electron chi connectivity index (χ4n) is 3.52. The first kappa shape index (κ1) is 19.4. The summed E-state index contributed by atoms with van der Waals surface area (Å²) in [6.45, 7) is 11.2. The van der Waals surface area contributed by atoms with Crippen LogP contribution in [0.25, 0.3) is 0 Å². The average Bonchev–Trinajstić information content (AvgIpc) is 2.92. The number of hydrogen-bond acceptors (Lipinski definition) is 3. The second kappa shape index (κ2) is 9.04. The molecule has 2 amide bonds. The molecule has 0 fully saturated rings. The minimum Gasteiger partial charge on any atom is -0.332 e. The molecule has 1 aromatic carbocycles. The van der Waals surface area contributed by atoms with Gasteiger partial charge in [-0.1, -0.05) is 32.9 Å². The van der Waals surface area contributed by atoms with Crippen molar-refractivity contribution in [3.63, 3.8) is 0 Å². The molecule has 0 saturated heterocycles. The monoisotopic (exact) mass is 369 g/mol. The Labute approximate surface area is 161 Å². The number of carbonyl (C=O) groups excluding carboxylic acids is 1. The molecule has 3 rings (SSSR count). The van der Waals surface area contributed by atoms with Gasteiger partial charge in [0.05, 0.1) is 17.9 Å². The van der Waals surface area contributed by atoms with E-state index in [-0.39, 0.29) is 6.03 Å². The number of benzene rings is 1. The molecular weight excluding hydrogens is 338 g/mol. The lowest BCUT2D eigenvalue weighted by atomic mass is 10.1. The zero-order valence-corrected chi connectivity index (χ0v) is 16.7. The minimum absolute atomic E-state index is 0.205. The smallest absolute Gasteiger partial charge is 0.319 e. The number of anilines is 1. The van der Waals surface area contributed by atoms with Crippen LogP contribution in [0, 0.1) is 5.92 Å². The number of nitrogens with one attached hydrogen (secondary N) is 2. The van der Waals surface area contributed by atoms with Crippen LogP contribution in [0.3, 0.4) is 0 Å². The molecule has 0 bridgehead atoms. The van der Waals surface area contributed by atoms with E-state index in [1.807, 2.05) is 24.3 Å². The molecule has 1 aliphatic rings. The van der Waals surface area contributed by atoms with Gasteiger partial charge >= 0.3 is 6.03 Å². The van der Waals surface area contributed by atoms with Crippen LogP contribution in [0.1, 0.15) is 44.1 Å². The van der Waals surface area contributed by atoms with Crippen molar-refractivity contribution < 1.29 is 4.79 Å². The molecule has 0 unspecified atom stereocenters. The van der Waals surface area contributed by atoms with Crippen LogP contribution in [0.15, 0.2) is 30.3 Å². The van der Waals surface area contributed by atoms with Crippen LogP contribution in [0.2, 0.25) is 0 Å². The van der Waals surface area contributed by atoms with Crippen LogP contribution in [-0.2, 0) is 26.1 Å². The van der Waals surface area contributed by atoms with Crippen molar-refractivity contribution in [3.8, 4) is 0 Å². The van der Waals surface area contributed by atoms with E-state index >= 15 is 0 Å². The van der Waals surface area contributed by atoms with E-state index < -0.39 is 0 Å². The molecule has 146 valence electrons. The number of hydrogen-bond donors (Lipinski definition) is 2. The average molecular weight is 370 g/mol. The molecular formula is C21H31N5O. The highest BCUT2D eigenvalue weighted by molar-refractivity contribution is 5.89. The molecule has 0 spiro atoms. The van der Waals surface area contributed by atoms with Crippen LogP contribution < -0.4 is 10.6 Å². The van der Waals surface area contributed by atoms with Gasteiger partial charge in [0.25, 0.3) is 0 Å². The van der Waals surface area contributed by atoms with Crippen molar-refractivity contribution in [2.75, 3.05) is 18.4 Å². The highest BCUT2D eigenvalue weighted by Crippen LogP contribution is 2.15. The molecule has 2 N–H and O–H groups in total. The zero-order chi connectivity index (χ0) is 19.2. The van der Waals surface area contributed by atoms with Gasteiger partial charge in [-0.2, -0.15) is 5.10 Å². The molecule has 0 radical (unpaired) electrons. The number of aryl methyl sites for hydroxylation is 2. The third-order valence-electron chi connectivity index (χ3n) is 4.82. The lowest BCUT2D eigenvalue weighted by Gasteiger charge is -2.21. The van der Waals surface area contributed by atoms with Crippen molar-refractivity contribution in [3.05, 3.63) is 47.3 Å². The van der Waals surface area contributed by atoms with Gasteiger partial charge in [-0.15, -0.1) is 0 Å². The predicted molar refractivity (Wildman–Crippen MR) is 109 cm³/mol. The van der Waals surface area contributed by atoms with E-state index in [1.54, 1.807) is 0 Å². The molecule has 2 heterocycles. The Hall–Kier alpha value is -2.34. The molecule has 6 nitrogen and oxygen atoms in total. The van der Waals surface area contributed by atoms with Crippen LogP contribution in [0.4, 0.5) is 10.5 Å². The van der Waals surface area contributed by atoms with E-state index in [2.05, 4.69) is 52.2 Å². The summed E-state index contributed by atoms with van der Waals surface area (Å²) in [5, 5.41) is 10.4. The fourth-order valence-corrected chi connectivity index (χ4v) is 3.52. The molecule has 0 atom stereocenters. The van der Waals surface area contributed by atoms with Crippen LogP contribution >= 0.6 is 0 Å². The van der Waals surface area contributed by atoms with Crippen molar-refractivity contribution in [1.29, 1.82) is 0 Å². The molecule has 2 aromatic rings. The van der Waals surface area contributed by atoms with Crippen molar-refractivity contribution in [2.24, 2.45) is 5.92 Å². The topological polar surface area (TPSA) is 62.2 Å². The Morgan fingerprint density at radius 2 is 2.00 bits per heavy atom. The minimum atomic E-state index is -0.205. The lowest BCUT2D eigenvalue weighted by Crippen LogP contribution is -2.28. The van der Waals surface area contributed by atoms with Crippen LogP contribution in [0.5, 0.6) is 0 Å². The van der Waals surface area contributed by atoms with Gasteiger partial charge in [0, 0.05) is 31.9 Å². The second-order valence-electron chi connectivity index (χ2n) is 7.69. The summed E-state index contributed by atoms with van der Waals surface area (Å²) >= 11 is 0. The molecule has 1 aromatic heterocycles. The van der Waals surface area contributed by atoms with E-state index in [0.717, 1.165) is 50.4 Å². The molecule has 1 aliphatic heterocycles. The Morgan fingerprint density at radius 3 is 2.70 bits per heavy atom. The largest absolute Gasteiger partial charge is 0.332 e. The van der Waals surface area contributed by atoms with Gasteiger partial charge in [-0.25, -0.2) is 4.79 Å². The van der Waals surface area contributed by atoms with E-state index in [4.69, 9.17) is 0 Å². The third kappa shape index (κ3) is 5.57. The number of amides is 2. The first-order valence-corrected chi connectivity index (χ1v) is 9.95. The third-order valence-corrected chi connectivity index (χ3v) is 4.82. The Bertz CT molecular complexity index is 750. The second-order valence-corrected chi connectivity index (χ2v) is 7.69. The summed E-state index contributed by atoms with van der Waals surface area (Å²) in [6.07, 6.45) is 2.11. The quantitative estimate of drug-likeness (QED) is 0.817. The summed E-state index contributed by atoms with van der Waals surface area (Å²) in [7, 11) is 0. The van der Waals surface area contributed by atoms with Crippen molar-refractivity contribution in [2.45, 2.75) is 53.2 Å². The summed E-state index contributed by atoms with van der Waals surface area (Å²) in [5.41, 5.74) is 4.20. The van der Waals surface area contributed by atoms with Crippen LogP contribution in [-0.4, -0.2) is 33.8 Å². The molecule has 6 heteroatoms. The van der Waals surface area contributed by atoms with E-state index in [0.29, 0.717) is 12.5 Å². The standard InChI is InChI=1S/C21H31N5O/c1-4-17-6-8-18(9-7-17)23-21(27)22-13-19-12-20-15-25(14-16(2)3)10-5-11-26(20)24-19/h6-9,12,16H,4-5,10-11,13-15H2,1-3H3,(H2,22,23,27). The van der Waals surface area contributed by atoms with Gasteiger partial charge in [0.1, 0.15) is 0 Å². The summed E-state index contributed by atoms with van der Waals surface area (Å²) < 4.78 is 2.10. The van der Waals surface area contributed by atoms with Gasteiger partial charge in [0.15, 0.2) is 0 Å². The fraction of sp³-hybridized carbons (Fsp3) is 0.524. The van der Waals surface area contributed by atoms with E-state index in [9.17, 15) is 4.79 Å². The number of carbonyl (C=O) groups is 1. The number of urea groups is 1. The SMILES string of the molecule is CCc1ccc(NC(=O)NCc2cc3n(n2)CCCN(CC(C)C)C3)cc1. The Balaban J connectivity index is 1.53. The first-order chi connectivity index (χ1) is 13.0. The van der Waals surface area contributed by atoms with Gasteiger partial charge in [0.2, 0.25) is 0 Å². The van der Waals surface area contributed by atoms with Gasteiger partial charge in [-0.05, 0) is 42.5 Å². The maximum absolute atomic E-state index is 12.1. The highest BCUT2D eigenvalue weighted by Gasteiger charge is 2.17. The highest BCUT2D eigenvalue weighted by atomic mass is 16.2. The normalized spacial score (nSPS) is 14.7. The first-order valence-electron chi connectivity index (χ1n) is 9.95. The molecule has 27 heavy (non-hydrogen) atoms. The maximum atomic E-state index is 12.1. The van der Waals surface area contributed by atoms with Crippen molar-refractivity contribution >= 4 is 11.7 Å². The number of rotatable bonds is 6. The number of aromatic nitrogens is 2. The van der Waals surface area contributed by atoms with Crippen molar-refractivity contribution in [1.82, 2.24) is 20.0 Å². The summed E-state index contributed by atoms with van der Waals surface area (Å²) in [5.74, 6) is 0.663. The maximum Gasteiger partial charge on any atom is 0.319 e. The zero-order valence-electron chi connectivity index (χ0n) is 16.7. The summed E-state index contributed by atoms with van der Waals surface area (Å²) in [6, 6.07) is 9.84. The number of fused-ring (bicyclic) bond motifs is 1. The summed E-state index contributed by atoms with van der Waals surface area (Å²) in [4.78, 5) is 14.6. The number of nitrogens with zero attached hydrogens (tertiary/aromatic N) is 3. The molecule has 0 aliphatic carbocycles.